The Labute approximate surface area is 211 Å². The highest BCUT2D eigenvalue weighted by Crippen LogP contribution is 2.32. The third-order valence-electron chi connectivity index (χ3n) is 6.44. The Morgan fingerprint density at radius 2 is 2.03 bits per heavy atom. The number of amides is 1. The van der Waals surface area contributed by atoms with Crippen LogP contribution in [0.15, 0.2) is 60.8 Å². The van der Waals surface area contributed by atoms with E-state index in [1.165, 1.54) is 24.4 Å². The molecule has 0 unspecified atom stereocenters. The molecule has 1 N–H and O–H groups in total. The molecule has 5 rings (SSSR count). The van der Waals surface area contributed by atoms with Gasteiger partial charge in [0.2, 0.25) is 5.95 Å². The van der Waals surface area contributed by atoms with Crippen molar-refractivity contribution in [1.82, 2.24) is 19.8 Å². The Hall–Kier alpha value is -4.42. The van der Waals surface area contributed by atoms with Gasteiger partial charge in [0.15, 0.2) is 11.6 Å². The van der Waals surface area contributed by atoms with E-state index in [1.807, 2.05) is 0 Å². The van der Waals surface area contributed by atoms with E-state index in [1.54, 1.807) is 41.0 Å². The van der Waals surface area contributed by atoms with Gasteiger partial charge in [0.05, 0.1) is 17.1 Å². The van der Waals surface area contributed by atoms with Gasteiger partial charge in [-0.2, -0.15) is 9.65 Å². The summed E-state index contributed by atoms with van der Waals surface area (Å²) in [7, 11) is 0. The average Bonchev–Trinajstić information content (AvgIpc) is 3.23. The summed E-state index contributed by atoms with van der Waals surface area (Å²) in [6, 6.07) is 14.0. The molecule has 9 heteroatoms. The molecule has 1 aliphatic rings. The van der Waals surface area contributed by atoms with Crippen LogP contribution in [0.2, 0.25) is 0 Å². The minimum absolute atomic E-state index is 0.135. The molecule has 0 radical (unpaired) electrons. The van der Waals surface area contributed by atoms with Gasteiger partial charge in [-0.05, 0) is 47.5 Å². The summed E-state index contributed by atoms with van der Waals surface area (Å²) >= 11 is 0. The van der Waals surface area contributed by atoms with Crippen LogP contribution in [-0.2, 0) is 19.5 Å². The van der Waals surface area contributed by atoms with E-state index in [4.69, 9.17) is 0 Å². The first-order chi connectivity index (χ1) is 17.9. The van der Waals surface area contributed by atoms with Crippen LogP contribution in [0.25, 0.3) is 17.0 Å². The Morgan fingerprint density at radius 1 is 1.16 bits per heavy atom. The SMILES string of the molecule is N#Cc1ccc2c(c1)c1c(n2C(=O)NCc2ccnc(F)c2)CCN(CC=Cc2cccc(F)c2F)C1. The van der Waals surface area contributed by atoms with Crippen molar-refractivity contribution >= 4 is 23.0 Å². The zero-order valence-electron chi connectivity index (χ0n) is 19.7. The van der Waals surface area contributed by atoms with E-state index in [0.717, 1.165) is 22.7 Å². The number of hydrogen-bond donors (Lipinski definition) is 1. The predicted molar refractivity (Wildman–Crippen MR) is 133 cm³/mol. The summed E-state index contributed by atoms with van der Waals surface area (Å²) in [6.07, 6.45) is 5.26. The van der Waals surface area contributed by atoms with Crippen LogP contribution < -0.4 is 5.32 Å². The van der Waals surface area contributed by atoms with E-state index >= 15 is 0 Å². The molecule has 186 valence electrons. The van der Waals surface area contributed by atoms with Gasteiger partial charge in [0.25, 0.3) is 0 Å². The molecule has 2 aromatic carbocycles. The highest BCUT2D eigenvalue weighted by molar-refractivity contribution is 5.96. The monoisotopic (exact) mass is 501 g/mol. The molecular formula is C28H22F3N5O. The maximum absolute atomic E-state index is 14.0. The Morgan fingerprint density at radius 3 is 2.84 bits per heavy atom. The standard InChI is InChI=1S/C28H22F3N5O/c29-23-5-1-3-20(27(23)31)4-2-11-35-12-9-25-22(17-35)21-13-18(15-32)6-7-24(21)36(25)28(37)34-16-19-8-10-33-26(30)14-19/h1-8,10,13-14H,9,11-12,16-17H2,(H,34,37). The molecule has 0 saturated heterocycles. The highest BCUT2D eigenvalue weighted by atomic mass is 19.2. The topological polar surface area (TPSA) is 74.0 Å². The minimum Gasteiger partial charge on any atom is -0.333 e. The second-order valence-electron chi connectivity index (χ2n) is 8.78. The van der Waals surface area contributed by atoms with Crippen molar-refractivity contribution in [1.29, 1.82) is 5.26 Å². The van der Waals surface area contributed by atoms with Crippen LogP contribution in [0.4, 0.5) is 18.0 Å². The van der Waals surface area contributed by atoms with Crippen molar-refractivity contribution in [3.05, 3.63) is 106 Å². The van der Waals surface area contributed by atoms with E-state index < -0.39 is 17.6 Å². The predicted octanol–water partition coefficient (Wildman–Crippen LogP) is 5.15. The zero-order valence-corrected chi connectivity index (χ0v) is 19.7. The molecule has 0 atom stereocenters. The highest BCUT2D eigenvalue weighted by Gasteiger charge is 2.26. The molecular weight excluding hydrogens is 479 g/mol. The number of nitrogens with zero attached hydrogens (tertiary/aromatic N) is 4. The van der Waals surface area contributed by atoms with Crippen molar-refractivity contribution in [2.24, 2.45) is 0 Å². The number of pyridine rings is 1. The first-order valence-corrected chi connectivity index (χ1v) is 11.7. The quantitative estimate of drug-likeness (QED) is 0.384. The van der Waals surface area contributed by atoms with Crippen LogP contribution in [0.3, 0.4) is 0 Å². The summed E-state index contributed by atoms with van der Waals surface area (Å²) in [5, 5.41) is 13.1. The second kappa shape index (κ2) is 10.3. The van der Waals surface area contributed by atoms with Gasteiger partial charge >= 0.3 is 6.03 Å². The minimum atomic E-state index is -0.891. The number of nitriles is 1. The van der Waals surface area contributed by atoms with Gasteiger partial charge in [0.1, 0.15) is 0 Å². The van der Waals surface area contributed by atoms with Gasteiger partial charge in [-0.25, -0.2) is 18.6 Å². The summed E-state index contributed by atoms with van der Waals surface area (Å²) < 4.78 is 42.5. The summed E-state index contributed by atoms with van der Waals surface area (Å²) in [5.41, 5.74) is 3.72. The maximum Gasteiger partial charge on any atom is 0.326 e. The number of nitrogens with one attached hydrogen (secondary N) is 1. The van der Waals surface area contributed by atoms with Crippen molar-refractivity contribution in [3.63, 3.8) is 0 Å². The summed E-state index contributed by atoms with van der Waals surface area (Å²) in [6.45, 7) is 1.80. The molecule has 0 bridgehead atoms. The van der Waals surface area contributed by atoms with Gasteiger partial charge in [-0.15, -0.1) is 0 Å². The number of halogens is 3. The number of carbonyl (C=O) groups is 1. The van der Waals surface area contributed by atoms with Crippen LogP contribution >= 0.6 is 0 Å². The molecule has 0 spiro atoms. The maximum atomic E-state index is 14.0. The third-order valence-corrected chi connectivity index (χ3v) is 6.44. The summed E-state index contributed by atoms with van der Waals surface area (Å²) in [4.78, 5) is 18.9. The largest absolute Gasteiger partial charge is 0.333 e. The first-order valence-electron chi connectivity index (χ1n) is 11.7. The van der Waals surface area contributed by atoms with Crippen molar-refractivity contribution in [3.8, 4) is 6.07 Å². The number of rotatable bonds is 5. The average molecular weight is 502 g/mol. The number of carbonyl (C=O) groups excluding carboxylic acids is 1. The number of aromatic nitrogens is 2. The van der Waals surface area contributed by atoms with Crippen molar-refractivity contribution < 1.29 is 18.0 Å². The lowest BCUT2D eigenvalue weighted by molar-refractivity contribution is 0.240. The van der Waals surface area contributed by atoms with Crippen LogP contribution in [0, 0.1) is 28.9 Å². The second-order valence-corrected chi connectivity index (χ2v) is 8.78. The molecule has 37 heavy (non-hydrogen) atoms. The zero-order chi connectivity index (χ0) is 25.9. The van der Waals surface area contributed by atoms with E-state index in [9.17, 15) is 23.2 Å². The van der Waals surface area contributed by atoms with Crippen LogP contribution in [0.5, 0.6) is 0 Å². The normalized spacial score (nSPS) is 13.6. The molecule has 0 saturated carbocycles. The molecule has 1 aliphatic heterocycles. The lowest BCUT2D eigenvalue weighted by atomic mass is 10.0. The fraction of sp³-hybridized carbons (Fsp3) is 0.179. The Balaban J connectivity index is 1.40. The molecule has 4 aromatic rings. The first kappa shape index (κ1) is 24.3. The van der Waals surface area contributed by atoms with Gasteiger partial charge in [-0.3, -0.25) is 9.47 Å². The number of hydrogen-bond acceptors (Lipinski definition) is 4. The van der Waals surface area contributed by atoms with E-state index in [-0.39, 0.29) is 18.1 Å². The molecule has 0 fully saturated rings. The molecule has 0 aliphatic carbocycles. The van der Waals surface area contributed by atoms with Gasteiger partial charge < -0.3 is 5.32 Å². The van der Waals surface area contributed by atoms with E-state index in [0.29, 0.717) is 42.7 Å². The van der Waals surface area contributed by atoms with E-state index in [2.05, 4.69) is 21.3 Å². The Kier molecular flexibility index (Phi) is 6.75. The lowest BCUT2D eigenvalue weighted by Crippen LogP contribution is -2.34. The fourth-order valence-electron chi connectivity index (χ4n) is 4.66. The van der Waals surface area contributed by atoms with Crippen LogP contribution in [0.1, 0.15) is 27.9 Å². The lowest BCUT2D eigenvalue weighted by Gasteiger charge is -2.27. The fourth-order valence-corrected chi connectivity index (χ4v) is 4.66. The molecule has 2 aromatic heterocycles. The van der Waals surface area contributed by atoms with Crippen molar-refractivity contribution in [2.75, 3.05) is 13.1 Å². The van der Waals surface area contributed by atoms with Crippen LogP contribution in [-0.4, -0.2) is 33.6 Å². The van der Waals surface area contributed by atoms with Gasteiger partial charge in [-0.1, -0.05) is 24.3 Å². The third kappa shape index (κ3) is 4.97. The molecule has 6 nitrogen and oxygen atoms in total. The van der Waals surface area contributed by atoms with Gasteiger partial charge in [0, 0.05) is 55.4 Å². The number of benzene rings is 2. The smallest absolute Gasteiger partial charge is 0.326 e. The molecule has 3 heterocycles. The molecule has 1 amide bonds. The number of fused-ring (bicyclic) bond motifs is 3. The summed E-state index contributed by atoms with van der Waals surface area (Å²) in [5.74, 6) is -2.39. The van der Waals surface area contributed by atoms with Crippen molar-refractivity contribution in [2.45, 2.75) is 19.5 Å². The Bertz CT molecular complexity index is 1570.